The minimum Gasteiger partial charge on any atom is -0.351 e. The number of amides is 1. The molecule has 0 radical (unpaired) electrons. The molecule has 0 bridgehead atoms. The van der Waals surface area contributed by atoms with Gasteiger partial charge in [-0.25, -0.2) is 0 Å². The Labute approximate surface area is 89.6 Å². The zero-order chi connectivity index (χ0) is 9.97. The molecular formula is C10H16N2OS. The summed E-state index contributed by atoms with van der Waals surface area (Å²) in [6.45, 7) is 0. The third-order valence-corrected chi connectivity index (χ3v) is 3.37. The molecule has 4 heteroatoms. The maximum Gasteiger partial charge on any atom is 0.248 e. The van der Waals surface area contributed by atoms with Gasteiger partial charge in [-0.05, 0) is 24.6 Å². The highest BCUT2D eigenvalue weighted by molar-refractivity contribution is 7.80. The fraction of sp³-hybridized carbons (Fsp3) is 0.800. The van der Waals surface area contributed by atoms with E-state index in [1.165, 1.54) is 32.1 Å². The molecule has 2 fully saturated rings. The maximum absolute atomic E-state index is 11.4. The summed E-state index contributed by atoms with van der Waals surface area (Å²) in [5.41, 5.74) is 0. The van der Waals surface area contributed by atoms with Gasteiger partial charge < -0.3 is 10.6 Å². The summed E-state index contributed by atoms with van der Waals surface area (Å²) in [6, 6.07) is -0.0643. The van der Waals surface area contributed by atoms with Gasteiger partial charge in [0.2, 0.25) is 5.91 Å². The average molecular weight is 212 g/mol. The second kappa shape index (κ2) is 4.26. The van der Waals surface area contributed by atoms with Crippen LogP contribution in [0.5, 0.6) is 0 Å². The van der Waals surface area contributed by atoms with Crippen LogP contribution in [-0.4, -0.2) is 17.1 Å². The van der Waals surface area contributed by atoms with Crippen LogP contribution in [0.1, 0.15) is 38.5 Å². The van der Waals surface area contributed by atoms with Crippen molar-refractivity contribution in [1.82, 2.24) is 10.6 Å². The van der Waals surface area contributed by atoms with E-state index in [-0.39, 0.29) is 11.9 Å². The van der Waals surface area contributed by atoms with E-state index in [1.807, 2.05) is 0 Å². The monoisotopic (exact) mass is 212 g/mol. The molecule has 0 aromatic heterocycles. The van der Waals surface area contributed by atoms with Crippen LogP contribution in [0.2, 0.25) is 0 Å². The molecule has 0 spiro atoms. The SMILES string of the molecule is O=C1NC(=S)NC1CC1CCCCC1. The molecule has 0 aromatic carbocycles. The molecule has 1 amide bonds. The lowest BCUT2D eigenvalue weighted by atomic mass is 9.85. The molecule has 1 saturated heterocycles. The normalized spacial score (nSPS) is 28.7. The Morgan fingerprint density at radius 1 is 1.29 bits per heavy atom. The molecule has 14 heavy (non-hydrogen) atoms. The van der Waals surface area contributed by atoms with Crippen LogP contribution >= 0.6 is 12.2 Å². The van der Waals surface area contributed by atoms with E-state index in [2.05, 4.69) is 10.6 Å². The molecule has 1 aliphatic heterocycles. The highest BCUT2D eigenvalue weighted by Gasteiger charge is 2.29. The van der Waals surface area contributed by atoms with Gasteiger partial charge in [-0.2, -0.15) is 0 Å². The number of hydrogen-bond acceptors (Lipinski definition) is 2. The van der Waals surface area contributed by atoms with E-state index in [1.54, 1.807) is 0 Å². The standard InChI is InChI=1S/C10H16N2OS/c13-9-8(11-10(14)12-9)6-7-4-2-1-3-5-7/h7-8H,1-6H2,(H2,11,12,13,14). The Hall–Kier alpha value is -0.640. The Morgan fingerprint density at radius 2 is 2.00 bits per heavy atom. The van der Waals surface area contributed by atoms with Crippen LogP contribution < -0.4 is 10.6 Å². The van der Waals surface area contributed by atoms with E-state index in [0.29, 0.717) is 11.0 Å². The van der Waals surface area contributed by atoms with Crippen molar-refractivity contribution in [2.75, 3.05) is 0 Å². The highest BCUT2D eigenvalue weighted by atomic mass is 32.1. The van der Waals surface area contributed by atoms with Gasteiger partial charge in [0, 0.05) is 0 Å². The highest BCUT2D eigenvalue weighted by Crippen LogP contribution is 2.27. The molecule has 0 aromatic rings. The van der Waals surface area contributed by atoms with Gasteiger partial charge in [-0.3, -0.25) is 4.79 Å². The van der Waals surface area contributed by atoms with Crippen LogP contribution in [0, 0.1) is 5.92 Å². The maximum atomic E-state index is 11.4. The quantitative estimate of drug-likeness (QED) is 0.678. The number of rotatable bonds is 2. The summed E-state index contributed by atoms with van der Waals surface area (Å²) in [6.07, 6.45) is 7.51. The average Bonchev–Trinajstić information content (AvgIpc) is 2.47. The first-order valence-corrected chi connectivity index (χ1v) is 5.78. The van der Waals surface area contributed by atoms with E-state index >= 15 is 0 Å². The fourth-order valence-electron chi connectivity index (χ4n) is 2.38. The lowest BCUT2D eigenvalue weighted by Gasteiger charge is -2.23. The summed E-state index contributed by atoms with van der Waals surface area (Å²) in [7, 11) is 0. The molecule has 2 aliphatic rings. The molecule has 2 N–H and O–H groups in total. The van der Waals surface area contributed by atoms with Gasteiger partial charge in [0.15, 0.2) is 5.11 Å². The predicted molar refractivity (Wildman–Crippen MR) is 58.9 cm³/mol. The van der Waals surface area contributed by atoms with Crippen molar-refractivity contribution in [3.8, 4) is 0 Å². The van der Waals surface area contributed by atoms with E-state index < -0.39 is 0 Å². The number of hydrogen-bond donors (Lipinski definition) is 2. The lowest BCUT2D eigenvalue weighted by molar-refractivity contribution is -0.120. The molecular weight excluding hydrogens is 196 g/mol. The molecule has 1 aliphatic carbocycles. The first-order chi connectivity index (χ1) is 6.75. The summed E-state index contributed by atoms with van der Waals surface area (Å²) in [5, 5.41) is 6.16. The van der Waals surface area contributed by atoms with Crippen molar-refractivity contribution in [2.24, 2.45) is 5.92 Å². The zero-order valence-electron chi connectivity index (χ0n) is 8.21. The van der Waals surface area contributed by atoms with Gasteiger partial charge in [-0.1, -0.05) is 32.1 Å². The topological polar surface area (TPSA) is 41.1 Å². The molecule has 3 nitrogen and oxygen atoms in total. The first kappa shape index (κ1) is 9.90. The fourth-order valence-corrected chi connectivity index (χ4v) is 2.62. The minimum atomic E-state index is -0.0643. The molecule has 1 saturated carbocycles. The van der Waals surface area contributed by atoms with Crippen molar-refractivity contribution in [1.29, 1.82) is 0 Å². The Morgan fingerprint density at radius 3 is 2.57 bits per heavy atom. The third-order valence-electron chi connectivity index (χ3n) is 3.15. The number of nitrogens with one attached hydrogen (secondary N) is 2. The molecule has 1 atom stereocenters. The van der Waals surface area contributed by atoms with Crippen LogP contribution in [0.3, 0.4) is 0 Å². The minimum absolute atomic E-state index is 0.0561. The van der Waals surface area contributed by atoms with E-state index in [4.69, 9.17) is 12.2 Å². The van der Waals surface area contributed by atoms with Crippen LogP contribution in [-0.2, 0) is 4.79 Å². The van der Waals surface area contributed by atoms with Crippen LogP contribution in [0.4, 0.5) is 0 Å². The van der Waals surface area contributed by atoms with E-state index in [9.17, 15) is 4.79 Å². The number of carbonyl (C=O) groups excluding carboxylic acids is 1. The molecule has 2 rings (SSSR count). The third kappa shape index (κ3) is 2.23. The zero-order valence-corrected chi connectivity index (χ0v) is 9.03. The smallest absolute Gasteiger partial charge is 0.248 e. The van der Waals surface area contributed by atoms with E-state index in [0.717, 1.165) is 6.42 Å². The second-order valence-corrected chi connectivity index (χ2v) is 4.66. The molecule has 1 unspecified atom stereocenters. The Bertz CT molecular complexity index is 249. The lowest BCUT2D eigenvalue weighted by Crippen LogP contribution is -2.31. The predicted octanol–water partition coefficient (Wildman–Crippen LogP) is 1.33. The van der Waals surface area contributed by atoms with Crippen molar-refractivity contribution in [2.45, 2.75) is 44.6 Å². The van der Waals surface area contributed by atoms with Crippen molar-refractivity contribution in [3.05, 3.63) is 0 Å². The largest absolute Gasteiger partial charge is 0.351 e. The van der Waals surface area contributed by atoms with Gasteiger partial charge in [0.1, 0.15) is 6.04 Å². The van der Waals surface area contributed by atoms with Crippen molar-refractivity contribution in [3.63, 3.8) is 0 Å². The first-order valence-electron chi connectivity index (χ1n) is 5.37. The van der Waals surface area contributed by atoms with Gasteiger partial charge in [0.05, 0.1) is 0 Å². The van der Waals surface area contributed by atoms with Crippen LogP contribution in [0.25, 0.3) is 0 Å². The summed E-state index contributed by atoms with van der Waals surface area (Å²) in [4.78, 5) is 11.4. The van der Waals surface area contributed by atoms with Crippen molar-refractivity contribution < 1.29 is 4.79 Å². The molecule has 78 valence electrons. The van der Waals surface area contributed by atoms with Gasteiger partial charge >= 0.3 is 0 Å². The number of thiocarbonyl (C=S) groups is 1. The van der Waals surface area contributed by atoms with Gasteiger partial charge in [-0.15, -0.1) is 0 Å². The Kier molecular flexibility index (Phi) is 3.01. The molecule has 1 heterocycles. The summed E-state index contributed by atoms with van der Waals surface area (Å²) >= 11 is 4.90. The Balaban J connectivity index is 1.84. The van der Waals surface area contributed by atoms with Gasteiger partial charge in [0.25, 0.3) is 0 Å². The van der Waals surface area contributed by atoms with Crippen molar-refractivity contribution >= 4 is 23.2 Å². The second-order valence-electron chi connectivity index (χ2n) is 4.26. The van der Waals surface area contributed by atoms with Crippen LogP contribution in [0.15, 0.2) is 0 Å². The summed E-state index contributed by atoms with van der Waals surface area (Å²) < 4.78 is 0. The number of carbonyl (C=O) groups is 1. The summed E-state index contributed by atoms with van der Waals surface area (Å²) in [5.74, 6) is 0.772.